The van der Waals surface area contributed by atoms with Gasteiger partial charge in [-0.25, -0.2) is 5.84 Å². The van der Waals surface area contributed by atoms with Gasteiger partial charge in [0.25, 0.3) is 5.91 Å². The van der Waals surface area contributed by atoms with Gasteiger partial charge in [-0.05, 0) is 30.7 Å². The Labute approximate surface area is 120 Å². The molecular formula is C12H16N6OS. The number of carbonyl (C=O) groups is 1. The fraction of sp³-hybridized carbons (Fsp3) is 0.250. The largest absolute Gasteiger partial charge is 0.399 e. The maximum Gasteiger partial charge on any atom is 0.287 e. The normalized spacial score (nSPS) is 10.5. The van der Waals surface area contributed by atoms with Crippen LogP contribution in [-0.2, 0) is 6.54 Å². The predicted molar refractivity (Wildman–Crippen MR) is 78.0 cm³/mol. The number of nitrogen functional groups attached to an aromatic ring is 2. The quantitative estimate of drug-likeness (QED) is 0.244. The lowest BCUT2D eigenvalue weighted by Gasteiger charge is -2.04. The summed E-state index contributed by atoms with van der Waals surface area (Å²) in [5.74, 6) is 5.39. The Balaban J connectivity index is 1.88. The number of amides is 1. The molecule has 0 aliphatic carbocycles. The molecule has 2 aromatic rings. The molecule has 20 heavy (non-hydrogen) atoms. The molecule has 7 nitrogen and oxygen atoms in total. The minimum atomic E-state index is -0.446. The molecule has 0 atom stereocenters. The number of carbonyl (C=O) groups excluding carboxylic acids is 1. The molecule has 2 rings (SSSR count). The summed E-state index contributed by atoms with van der Waals surface area (Å²) < 4.78 is 1.61. The van der Waals surface area contributed by atoms with E-state index in [9.17, 15) is 4.79 Å². The Morgan fingerprint density at radius 1 is 1.50 bits per heavy atom. The first-order valence-electron chi connectivity index (χ1n) is 6.00. The summed E-state index contributed by atoms with van der Waals surface area (Å²) in [4.78, 5) is 12.4. The number of hydrogen-bond acceptors (Lipinski definition) is 6. The molecule has 0 spiro atoms. The van der Waals surface area contributed by atoms with Crippen molar-refractivity contribution in [3.8, 4) is 0 Å². The average molecular weight is 292 g/mol. The van der Waals surface area contributed by atoms with Crippen LogP contribution < -0.4 is 17.0 Å². The average Bonchev–Trinajstić information content (AvgIpc) is 2.91. The number of hydrogen-bond donors (Lipinski definition) is 3. The van der Waals surface area contributed by atoms with Crippen LogP contribution in [0.3, 0.4) is 0 Å². The van der Waals surface area contributed by atoms with Crippen LogP contribution in [0.4, 0.5) is 5.69 Å². The van der Waals surface area contributed by atoms with Crippen LogP contribution in [0.15, 0.2) is 29.3 Å². The van der Waals surface area contributed by atoms with Crippen LogP contribution in [-0.4, -0.2) is 26.7 Å². The molecule has 0 saturated carbocycles. The summed E-state index contributed by atoms with van der Waals surface area (Å²) in [7, 11) is 0. The van der Waals surface area contributed by atoms with E-state index >= 15 is 0 Å². The third-order valence-electron chi connectivity index (χ3n) is 2.73. The van der Waals surface area contributed by atoms with Crippen molar-refractivity contribution < 1.29 is 4.79 Å². The van der Waals surface area contributed by atoms with Gasteiger partial charge in [0.2, 0.25) is 0 Å². The standard InChI is InChI=1S/C12H16N6OS/c1-8-6-9(2-3-10(8)13)20-5-4-18-7-11(16-17-18)12(19)15-14/h2-3,6-7H,4-5,13-14H2,1H3,(H,15,19). The third kappa shape index (κ3) is 3.49. The van der Waals surface area contributed by atoms with E-state index in [1.54, 1.807) is 22.6 Å². The summed E-state index contributed by atoms with van der Waals surface area (Å²) in [5.41, 5.74) is 9.86. The van der Waals surface area contributed by atoms with Gasteiger partial charge >= 0.3 is 0 Å². The first-order chi connectivity index (χ1) is 9.60. The number of hydrazine groups is 1. The molecule has 1 amide bonds. The van der Waals surface area contributed by atoms with Crippen molar-refractivity contribution in [1.29, 1.82) is 0 Å². The molecule has 0 bridgehead atoms. The van der Waals surface area contributed by atoms with Crippen molar-refractivity contribution in [2.75, 3.05) is 11.5 Å². The van der Waals surface area contributed by atoms with E-state index in [1.807, 2.05) is 24.5 Å². The van der Waals surface area contributed by atoms with Gasteiger partial charge in [0.05, 0.1) is 12.7 Å². The third-order valence-corrected chi connectivity index (χ3v) is 3.71. The van der Waals surface area contributed by atoms with Gasteiger partial charge in [0.1, 0.15) is 0 Å². The molecule has 1 heterocycles. The maximum absolute atomic E-state index is 11.2. The number of rotatable bonds is 5. The van der Waals surface area contributed by atoms with Gasteiger partial charge in [-0.1, -0.05) is 5.21 Å². The number of nitrogens with zero attached hydrogens (tertiary/aromatic N) is 3. The predicted octanol–water partition coefficient (Wildman–Crippen LogP) is 0.565. The van der Waals surface area contributed by atoms with E-state index < -0.39 is 5.91 Å². The Morgan fingerprint density at radius 3 is 3.00 bits per heavy atom. The SMILES string of the molecule is Cc1cc(SCCn2cc(C(=O)NN)nn2)ccc1N. The second-order valence-corrected chi connectivity index (χ2v) is 5.38. The highest BCUT2D eigenvalue weighted by Gasteiger charge is 2.08. The number of aryl methyl sites for hydroxylation is 2. The summed E-state index contributed by atoms with van der Waals surface area (Å²) in [6, 6.07) is 5.94. The highest BCUT2D eigenvalue weighted by Crippen LogP contribution is 2.22. The lowest BCUT2D eigenvalue weighted by molar-refractivity contribution is 0.0948. The topological polar surface area (TPSA) is 112 Å². The van der Waals surface area contributed by atoms with E-state index in [0.717, 1.165) is 21.9 Å². The molecule has 0 unspecified atom stereocenters. The molecular weight excluding hydrogens is 276 g/mol. The van der Waals surface area contributed by atoms with Crippen molar-refractivity contribution >= 4 is 23.4 Å². The summed E-state index contributed by atoms with van der Waals surface area (Å²) in [6.45, 7) is 2.63. The molecule has 0 saturated heterocycles. The van der Waals surface area contributed by atoms with Gasteiger partial charge in [-0.2, -0.15) is 0 Å². The molecule has 106 valence electrons. The van der Waals surface area contributed by atoms with Crippen LogP contribution >= 0.6 is 11.8 Å². The minimum Gasteiger partial charge on any atom is -0.399 e. The zero-order valence-electron chi connectivity index (χ0n) is 11.0. The van der Waals surface area contributed by atoms with Crippen molar-refractivity contribution in [1.82, 2.24) is 20.4 Å². The minimum absolute atomic E-state index is 0.209. The molecule has 5 N–H and O–H groups in total. The van der Waals surface area contributed by atoms with Crippen LogP contribution in [0, 0.1) is 6.92 Å². The molecule has 1 aromatic heterocycles. The molecule has 0 aliphatic heterocycles. The van der Waals surface area contributed by atoms with Crippen LogP contribution in [0.2, 0.25) is 0 Å². The summed E-state index contributed by atoms with van der Waals surface area (Å²) in [5, 5.41) is 7.60. The molecule has 8 heteroatoms. The second-order valence-electron chi connectivity index (χ2n) is 4.21. The zero-order chi connectivity index (χ0) is 14.5. The van der Waals surface area contributed by atoms with E-state index in [1.165, 1.54) is 0 Å². The number of aromatic nitrogens is 3. The van der Waals surface area contributed by atoms with Crippen molar-refractivity contribution in [3.05, 3.63) is 35.7 Å². The molecule has 0 fully saturated rings. The highest BCUT2D eigenvalue weighted by molar-refractivity contribution is 7.99. The van der Waals surface area contributed by atoms with Gasteiger partial charge in [-0.3, -0.25) is 14.9 Å². The number of nitrogens with one attached hydrogen (secondary N) is 1. The van der Waals surface area contributed by atoms with E-state index in [-0.39, 0.29) is 5.69 Å². The monoisotopic (exact) mass is 292 g/mol. The van der Waals surface area contributed by atoms with E-state index in [2.05, 4.69) is 16.4 Å². The van der Waals surface area contributed by atoms with Gasteiger partial charge in [0.15, 0.2) is 5.69 Å². The fourth-order valence-electron chi connectivity index (χ4n) is 1.58. The molecule has 0 aliphatic rings. The van der Waals surface area contributed by atoms with E-state index in [4.69, 9.17) is 11.6 Å². The van der Waals surface area contributed by atoms with Crippen LogP contribution in [0.5, 0.6) is 0 Å². The fourth-order valence-corrected chi connectivity index (χ4v) is 2.52. The lowest BCUT2D eigenvalue weighted by Crippen LogP contribution is -2.30. The lowest BCUT2D eigenvalue weighted by atomic mass is 10.2. The van der Waals surface area contributed by atoms with Gasteiger partial charge in [0, 0.05) is 16.3 Å². The first kappa shape index (κ1) is 14.4. The molecule has 1 aromatic carbocycles. The Bertz CT molecular complexity index is 612. The van der Waals surface area contributed by atoms with Crippen molar-refractivity contribution in [2.45, 2.75) is 18.4 Å². The smallest absolute Gasteiger partial charge is 0.287 e. The summed E-state index contributed by atoms with van der Waals surface area (Å²) in [6.07, 6.45) is 1.57. The van der Waals surface area contributed by atoms with Gasteiger partial charge < -0.3 is 5.73 Å². The Kier molecular flexibility index (Phi) is 4.59. The van der Waals surface area contributed by atoms with Gasteiger partial charge in [-0.15, -0.1) is 16.9 Å². The van der Waals surface area contributed by atoms with Crippen LogP contribution in [0.25, 0.3) is 0 Å². The number of anilines is 1. The number of benzene rings is 1. The maximum atomic E-state index is 11.2. The number of thioether (sulfide) groups is 1. The summed E-state index contributed by atoms with van der Waals surface area (Å²) >= 11 is 1.69. The zero-order valence-corrected chi connectivity index (χ0v) is 11.9. The van der Waals surface area contributed by atoms with E-state index in [0.29, 0.717) is 6.54 Å². The number of nitrogens with two attached hydrogens (primary N) is 2. The van der Waals surface area contributed by atoms with Crippen molar-refractivity contribution in [3.63, 3.8) is 0 Å². The molecule has 0 radical (unpaired) electrons. The first-order valence-corrected chi connectivity index (χ1v) is 6.98. The van der Waals surface area contributed by atoms with Crippen LogP contribution in [0.1, 0.15) is 16.1 Å². The Hall–Kier alpha value is -2.06. The highest BCUT2D eigenvalue weighted by atomic mass is 32.2. The van der Waals surface area contributed by atoms with Crippen molar-refractivity contribution in [2.24, 2.45) is 5.84 Å². The second kappa shape index (κ2) is 6.40. The Morgan fingerprint density at radius 2 is 2.30 bits per heavy atom.